The molecule has 0 aliphatic carbocycles. The van der Waals surface area contributed by atoms with Crippen LogP contribution in [0.5, 0.6) is 0 Å². The summed E-state index contributed by atoms with van der Waals surface area (Å²) in [5.74, 6) is -1.74. The Morgan fingerprint density at radius 2 is 1.42 bits per heavy atom. The highest BCUT2D eigenvalue weighted by molar-refractivity contribution is 5.96. The van der Waals surface area contributed by atoms with Gasteiger partial charge in [-0.1, -0.05) is 30.3 Å². The third kappa shape index (κ3) is 3.59. The van der Waals surface area contributed by atoms with E-state index in [-0.39, 0.29) is 22.3 Å². The van der Waals surface area contributed by atoms with Crippen LogP contribution < -0.4 is 0 Å². The molecule has 132 valence electrons. The highest BCUT2D eigenvalue weighted by Gasteiger charge is 2.31. The van der Waals surface area contributed by atoms with Crippen LogP contribution in [0.4, 0.5) is 17.6 Å². The van der Waals surface area contributed by atoms with Crippen molar-refractivity contribution in [1.29, 1.82) is 0 Å². The minimum Gasteiger partial charge on any atom is -0.478 e. The first-order valence-electron chi connectivity index (χ1n) is 7.56. The van der Waals surface area contributed by atoms with Gasteiger partial charge in [0, 0.05) is 0 Å². The zero-order chi connectivity index (χ0) is 18.9. The first kappa shape index (κ1) is 17.7. The Balaban J connectivity index is 2.25. The molecule has 3 aromatic rings. The van der Waals surface area contributed by atoms with Crippen molar-refractivity contribution in [3.05, 3.63) is 83.7 Å². The lowest BCUT2D eigenvalue weighted by atomic mass is 9.93. The van der Waals surface area contributed by atoms with Gasteiger partial charge in [0.25, 0.3) is 0 Å². The molecule has 0 amide bonds. The summed E-state index contributed by atoms with van der Waals surface area (Å²) < 4.78 is 53.1. The summed E-state index contributed by atoms with van der Waals surface area (Å²) in [6.07, 6.45) is -4.61. The van der Waals surface area contributed by atoms with Gasteiger partial charge in [-0.2, -0.15) is 13.2 Å². The number of alkyl halides is 3. The van der Waals surface area contributed by atoms with E-state index in [1.165, 1.54) is 36.4 Å². The van der Waals surface area contributed by atoms with E-state index in [9.17, 15) is 27.5 Å². The second-order valence-electron chi connectivity index (χ2n) is 5.65. The lowest BCUT2D eigenvalue weighted by Gasteiger charge is -2.14. The molecule has 0 saturated heterocycles. The van der Waals surface area contributed by atoms with Crippen LogP contribution in [0.3, 0.4) is 0 Å². The van der Waals surface area contributed by atoms with Gasteiger partial charge in [0.05, 0.1) is 11.1 Å². The molecule has 0 heterocycles. The molecule has 0 saturated carbocycles. The number of halogens is 4. The molecule has 0 radical (unpaired) electrons. The molecule has 0 aliphatic heterocycles. The minimum atomic E-state index is -4.61. The smallest absolute Gasteiger partial charge is 0.416 e. The Morgan fingerprint density at radius 1 is 0.808 bits per heavy atom. The molecule has 6 heteroatoms. The lowest BCUT2D eigenvalue weighted by Crippen LogP contribution is -2.06. The van der Waals surface area contributed by atoms with Gasteiger partial charge in [-0.3, -0.25) is 0 Å². The van der Waals surface area contributed by atoms with Crippen LogP contribution in [0.2, 0.25) is 0 Å². The minimum absolute atomic E-state index is 0.100. The van der Waals surface area contributed by atoms with E-state index in [0.717, 1.165) is 24.3 Å². The molecule has 0 spiro atoms. The van der Waals surface area contributed by atoms with Crippen LogP contribution in [-0.4, -0.2) is 11.1 Å². The van der Waals surface area contributed by atoms with Crippen molar-refractivity contribution in [2.24, 2.45) is 0 Å². The molecule has 0 aliphatic rings. The first-order valence-corrected chi connectivity index (χ1v) is 7.56. The maximum atomic E-state index is 13.3. The molecule has 26 heavy (non-hydrogen) atoms. The fourth-order valence-corrected chi connectivity index (χ4v) is 2.68. The fourth-order valence-electron chi connectivity index (χ4n) is 2.68. The van der Waals surface area contributed by atoms with Crippen LogP contribution in [0.25, 0.3) is 22.3 Å². The summed E-state index contributed by atoms with van der Waals surface area (Å²) in [5.41, 5.74) is -0.0976. The fraction of sp³-hybridized carbons (Fsp3) is 0.0500. The molecule has 0 unspecified atom stereocenters. The molecule has 0 aromatic heterocycles. The van der Waals surface area contributed by atoms with Crippen molar-refractivity contribution >= 4 is 5.97 Å². The van der Waals surface area contributed by atoms with E-state index in [4.69, 9.17) is 0 Å². The maximum Gasteiger partial charge on any atom is 0.416 e. The van der Waals surface area contributed by atoms with Crippen molar-refractivity contribution < 1.29 is 27.5 Å². The zero-order valence-electron chi connectivity index (χ0n) is 13.2. The third-order valence-corrected chi connectivity index (χ3v) is 3.91. The zero-order valence-corrected chi connectivity index (χ0v) is 13.2. The topological polar surface area (TPSA) is 37.3 Å². The average Bonchev–Trinajstić information content (AvgIpc) is 2.61. The standard InChI is InChI=1S/C20H12F4O2/c21-16-7-5-12(6-8-16)13-9-14(11-15(10-13)20(22,23)24)17-3-1-2-4-18(17)19(25)26/h1-11H,(H,25,26). The second kappa shape index (κ2) is 6.63. The van der Waals surface area contributed by atoms with Gasteiger partial charge in [-0.05, 0) is 58.7 Å². The molecule has 3 rings (SSSR count). The van der Waals surface area contributed by atoms with Crippen LogP contribution in [-0.2, 0) is 6.18 Å². The molecule has 0 fully saturated rings. The maximum absolute atomic E-state index is 13.3. The number of hydrogen-bond acceptors (Lipinski definition) is 1. The van der Waals surface area contributed by atoms with E-state index in [0.29, 0.717) is 5.56 Å². The number of carboxylic acids is 1. The Kier molecular flexibility index (Phi) is 4.50. The Labute approximate surface area is 146 Å². The quantitative estimate of drug-likeness (QED) is 0.593. The second-order valence-corrected chi connectivity index (χ2v) is 5.65. The molecule has 0 atom stereocenters. The van der Waals surface area contributed by atoms with Gasteiger partial charge in [0.15, 0.2) is 0 Å². The Bertz CT molecular complexity index is 960. The Morgan fingerprint density at radius 3 is 2.04 bits per heavy atom. The van der Waals surface area contributed by atoms with Crippen LogP contribution >= 0.6 is 0 Å². The number of rotatable bonds is 3. The summed E-state index contributed by atoms with van der Waals surface area (Å²) in [4.78, 5) is 11.4. The SMILES string of the molecule is O=C(O)c1ccccc1-c1cc(-c2ccc(F)cc2)cc(C(F)(F)F)c1. The summed E-state index contributed by atoms with van der Waals surface area (Å²) in [7, 11) is 0. The van der Waals surface area contributed by atoms with Crippen molar-refractivity contribution in [1.82, 2.24) is 0 Å². The number of hydrogen-bond donors (Lipinski definition) is 1. The number of carboxylic acid groups (broad SMARTS) is 1. The molecule has 2 nitrogen and oxygen atoms in total. The first-order chi connectivity index (χ1) is 12.3. The molecular weight excluding hydrogens is 348 g/mol. The number of benzene rings is 3. The van der Waals surface area contributed by atoms with E-state index >= 15 is 0 Å². The Hall–Kier alpha value is -3.15. The van der Waals surface area contributed by atoms with Gasteiger partial charge in [0.2, 0.25) is 0 Å². The van der Waals surface area contributed by atoms with E-state index in [1.807, 2.05) is 0 Å². The van der Waals surface area contributed by atoms with Gasteiger partial charge >= 0.3 is 12.1 Å². The normalized spacial score (nSPS) is 11.4. The van der Waals surface area contributed by atoms with Crippen molar-refractivity contribution in [3.8, 4) is 22.3 Å². The predicted molar refractivity (Wildman–Crippen MR) is 89.2 cm³/mol. The summed E-state index contributed by atoms with van der Waals surface area (Å²) in [6.45, 7) is 0. The number of aromatic carboxylic acids is 1. The molecule has 3 aromatic carbocycles. The highest BCUT2D eigenvalue weighted by atomic mass is 19.4. The van der Waals surface area contributed by atoms with Crippen LogP contribution in [0.15, 0.2) is 66.7 Å². The average molecular weight is 360 g/mol. The van der Waals surface area contributed by atoms with E-state index in [1.54, 1.807) is 6.07 Å². The van der Waals surface area contributed by atoms with Gasteiger partial charge in [-0.25, -0.2) is 9.18 Å². The van der Waals surface area contributed by atoms with E-state index < -0.39 is 23.5 Å². The summed E-state index contributed by atoms with van der Waals surface area (Å²) >= 11 is 0. The summed E-state index contributed by atoms with van der Waals surface area (Å²) in [5, 5.41) is 9.31. The van der Waals surface area contributed by atoms with Crippen molar-refractivity contribution in [2.75, 3.05) is 0 Å². The third-order valence-electron chi connectivity index (χ3n) is 3.91. The van der Waals surface area contributed by atoms with Crippen molar-refractivity contribution in [3.63, 3.8) is 0 Å². The van der Waals surface area contributed by atoms with Crippen LogP contribution in [0.1, 0.15) is 15.9 Å². The van der Waals surface area contributed by atoms with Gasteiger partial charge in [0.1, 0.15) is 5.82 Å². The predicted octanol–water partition coefficient (Wildman–Crippen LogP) is 5.88. The lowest BCUT2D eigenvalue weighted by molar-refractivity contribution is -0.137. The molecular formula is C20H12F4O2. The highest BCUT2D eigenvalue weighted by Crippen LogP contribution is 2.37. The van der Waals surface area contributed by atoms with Crippen LogP contribution in [0, 0.1) is 5.82 Å². The van der Waals surface area contributed by atoms with Crippen molar-refractivity contribution in [2.45, 2.75) is 6.18 Å². The summed E-state index contributed by atoms with van der Waals surface area (Å²) in [6, 6.07) is 14.2. The largest absolute Gasteiger partial charge is 0.478 e. The van der Waals surface area contributed by atoms with Gasteiger partial charge in [-0.15, -0.1) is 0 Å². The van der Waals surface area contributed by atoms with Gasteiger partial charge < -0.3 is 5.11 Å². The van der Waals surface area contributed by atoms with E-state index in [2.05, 4.69) is 0 Å². The monoisotopic (exact) mass is 360 g/mol. The number of carbonyl (C=O) groups is 1. The molecule has 1 N–H and O–H groups in total. The molecule has 0 bridgehead atoms.